The fourth-order valence-corrected chi connectivity index (χ4v) is 7.22. The maximum atomic E-state index is 13.2. The Balaban J connectivity index is 1.23. The Morgan fingerprint density at radius 3 is 2.31 bits per heavy atom. The first kappa shape index (κ1) is 24.6. The summed E-state index contributed by atoms with van der Waals surface area (Å²) in [5, 5.41) is 1.15. The molecule has 1 saturated heterocycles. The molecule has 0 atom stereocenters. The van der Waals surface area contributed by atoms with Crippen molar-refractivity contribution in [3.05, 3.63) is 95.0 Å². The maximum absolute atomic E-state index is 13.2. The number of hydrogen-bond donors (Lipinski definition) is 0. The number of carbonyl (C=O) groups is 1. The third-order valence-corrected chi connectivity index (χ3v) is 9.87. The van der Waals surface area contributed by atoms with Crippen LogP contribution < -0.4 is 0 Å². The van der Waals surface area contributed by atoms with Crippen molar-refractivity contribution < 1.29 is 13.2 Å². The van der Waals surface area contributed by atoms with E-state index in [0.29, 0.717) is 37.7 Å². The summed E-state index contributed by atoms with van der Waals surface area (Å²) in [6, 6.07) is 24.1. The number of nitrogens with zero attached hydrogens (tertiary/aromatic N) is 3. The van der Waals surface area contributed by atoms with Crippen LogP contribution in [0.3, 0.4) is 0 Å². The summed E-state index contributed by atoms with van der Waals surface area (Å²) in [5.41, 5.74) is 2.49. The van der Waals surface area contributed by atoms with Crippen LogP contribution in [0.1, 0.15) is 46.6 Å². The average molecular weight is 520 g/mol. The molecule has 186 valence electrons. The molecule has 0 saturated carbocycles. The van der Waals surface area contributed by atoms with Crippen molar-refractivity contribution in [1.82, 2.24) is 14.2 Å². The highest BCUT2D eigenvalue weighted by Gasteiger charge is 2.28. The van der Waals surface area contributed by atoms with Crippen LogP contribution in [0.5, 0.6) is 0 Å². The van der Waals surface area contributed by atoms with Crippen LogP contribution in [0.25, 0.3) is 10.2 Å². The second-order valence-electron chi connectivity index (χ2n) is 9.03. The zero-order valence-electron chi connectivity index (χ0n) is 20.2. The minimum absolute atomic E-state index is 0.0571. The molecule has 36 heavy (non-hydrogen) atoms. The number of aromatic nitrogens is 1. The van der Waals surface area contributed by atoms with Crippen LogP contribution in [-0.2, 0) is 16.6 Å². The molecule has 1 aliphatic heterocycles. The lowest BCUT2D eigenvalue weighted by Gasteiger charge is -2.31. The standard InChI is InChI=1S/C28H29N3O3S2/c1-2-31(20-21-8-4-3-5-9-21)36(33,34)24-14-12-23(13-15-24)28(32)30-18-16-22(17-19-30)27-29-25-10-6-7-11-26(25)35-27/h3-15,22H,2,16-20H2,1H3. The largest absolute Gasteiger partial charge is 0.339 e. The topological polar surface area (TPSA) is 70.6 Å². The fourth-order valence-electron chi connectivity index (χ4n) is 4.65. The molecule has 8 heteroatoms. The first-order chi connectivity index (χ1) is 17.5. The van der Waals surface area contributed by atoms with Crippen LogP contribution in [0.4, 0.5) is 0 Å². The van der Waals surface area contributed by atoms with Gasteiger partial charge < -0.3 is 4.90 Å². The third kappa shape index (κ3) is 5.07. The van der Waals surface area contributed by atoms with Gasteiger partial charge in [0.2, 0.25) is 10.0 Å². The number of carbonyl (C=O) groups excluding carboxylic acids is 1. The Hall–Kier alpha value is -3.07. The van der Waals surface area contributed by atoms with Crippen molar-refractivity contribution in [2.45, 2.75) is 37.1 Å². The van der Waals surface area contributed by atoms with Gasteiger partial charge in [0.1, 0.15) is 0 Å². The van der Waals surface area contributed by atoms with E-state index in [4.69, 9.17) is 4.98 Å². The number of hydrogen-bond acceptors (Lipinski definition) is 5. The van der Waals surface area contributed by atoms with Gasteiger partial charge in [0.15, 0.2) is 0 Å². The number of fused-ring (bicyclic) bond motifs is 1. The first-order valence-corrected chi connectivity index (χ1v) is 14.5. The summed E-state index contributed by atoms with van der Waals surface area (Å²) in [6.45, 7) is 3.84. The molecule has 0 N–H and O–H groups in total. The second kappa shape index (κ2) is 10.5. The molecule has 1 fully saturated rings. The van der Waals surface area contributed by atoms with E-state index >= 15 is 0 Å². The molecule has 0 unspecified atom stereocenters. The van der Waals surface area contributed by atoms with Crippen LogP contribution in [-0.4, -0.2) is 48.1 Å². The summed E-state index contributed by atoms with van der Waals surface area (Å²) < 4.78 is 29.1. The van der Waals surface area contributed by atoms with Crippen molar-refractivity contribution >= 4 is 37.5 Å². The van der Waals surface area contributed by atoms with Gasteiger partial charge in [-0.2, -0.15) is 4.31 Å². The molecule has 3 aromatic carbocycles. The number of thiazole rings is 1. The lowest BCUT2D eigenvalue weighted by molar-refractivity contribution is 0.0713. The van der Waals surface area contributed by atoms with E-state index in [1.165, 1.54) is 9.01 Å². The Bertz CT molecular complexity index is 1410. The molecule has 0 radical (unpaired) electrons. The molecule has 6 nitrogen and oxygen atoms in total. The van der Waals surface area contributed by atoms with E-state index < -0.39 is 10.0 Å². The highest BCUT2D eigenvalue weighted by molar-refractivity contribution is 7.89. The van der Waals surface area contributed by atoms with Gasteiger partial charge in [-0.05, 0) is 54.8 Å². The minimum Gasteiger partial charge on any atom is -0.339 e. The quantitative estimate of drug-likeness (QED) is 0.322. The molecule has 2 heterocycles. The van der Waals surface area contributed by atoms with E-state index in [1.54, 1.807) is 35.6 Å². The highest BCUT2D eigenvalue weighted by atomic mass is 32.2. The summed E-state index contributed by atoms with van der Waals surface area (Å²) in [7, 11) is -3.66. The zero-order chi connectivity index (χ0) is 25.1. The van der Waals surface area contributed by atoms with Gasteiger partial charge in [-0.1, -0.05) is 49.4 Å². The SMILES string of the molecule is CCN(Cc1ccccc1)S(=O)(=O)c1ccc(C(=O)N2CCC(c3nc4ccccc4s3)CC2)cc1. The molecular weight excluding hydrogens is 490 g/mol. The van der Waals surface area contributed by atoms with Crippen molar-refractivity contribution in [2.24, 2.45) is 0 Å². The van der Waals surface area contributed by atoms with Crippen LogP contribution >= 0.6 is 11.3 Å². The van der Waals surface area contributed by atoms with Crippen LogP contribution in [0, 0.1) is 0 Å². The lowest BCUT2D eigenvalue weighted by Crippen LogP contribution is -2.38. The summed E-state index contributed by atoms with van der Waals surface area (Å²) in [6.07, 6.45) is 1.76. The van der Waals surface area contributed by atoms with Crippen molar-refractivity contribution in [1.29, 1.82) is 0 Å². The zero-order valence-corrected chi connectivity index (χ0v) is 21.8. The maximum Gasteiger partial charge on any atom is 0.253 e. The lowest BCUT2D eigenvalue weighted by atomic mass is 9.97. The fraction of sp³-hybridized carbons (Fsp3) is 0.286. The van der Waals surface area contributed by atoms with Gasteiger partial charge in [-0.25, -0.2) is 13.4 Å². The van der Waals surface area contributed by atoms with Gasteiger partial charge >= 0.3 is 0 Å². The highest BCUT2D eigenvalue weighted by Crippen LogP contribution is 2.34. The number of piperidine rings is 1. The Labute approximate surface area is 216 Å². The molecule has 4 aromatic rings. The third-order valence-electron chi connectivity index (χ3n) is 6.74. The molecule has 1 aromatic heterocycles. The normalized spacial score (nSPS) is 15.0. The van der Waals surface area contributed by atoms with Gasteiger partial charge in [0.25, 0.3) is 5.91 Å². The van der Waals surface area contributed by atoms with Crippen LogP contribution in [0.2, 0.25) is 0 Å². The molecule has 0 bridgehead atoms. The van der Waals surface area contributed by atoms with E-state index in [0.717, 1.165) is 28.9 Å². The van der Waals surface area contributed by atoms with Crippen molar-refractivity contribution in [3.8, 4) is 0 Å². The van der Waals surface area contributed by atoms with Gasteiger partial charge in [0, 0.05) is 37.7 Å². The van der Waals surface area contributed by atoms with Crippen LogP contribution in [0.15, 0.2) is 83.8 Å². The second-order valence-corrected chi connectivity index (χ2v) is 12.0. The molecular formula is C28H29N3O3S2. The van der Waals surface area contributed by atoms with E-state index in [2.05, 4.69) is 6.07 Å². The molecule has 0 spiro atoms. The predicted molar refractivity (Wildman–Crippen MR) is 144 cm³/mol. The van der Waals surface area contributed by atoms with Gasteiger partial charge in [-0.3, -0.25) is 4.79 Å². The number of para-hydroxylation sites is 1. The Morgan fingerprint density at radius 2 is 1.64 bits per heavy atom. The smallest absolute Gasteiger partial charge is 0.253 e. The van der Waals surface area contributed by atoms with E-state index in [-0.39, 0.29) is 10.8 Å². The van der Waals surface area contributed by atoms with Gasteiger partial charge in [0.05, 0.1) is 20.1 Å². The number of likely N-dealkylation sites (tertiary alicyclic amines) is 1. The molecule has 1 aliphatic rings. The van der Waals surface area contributed by atoms with E-state index in [1.807, 2.05) is 60.4 Å². The number of benzene rings is 3. The van der Waals surface area contributed by atoms with Gasteiger partial charge in [-0.15, -0.1) is 11.3 Å². The molecule has 1 amide bonds. The van der Waals surface area contributed by atoms with Crippen molar-refractivity contribution in [2.75, 3.05) is 19.6 Å². The summed E-state index contributed by atoms with van der Waals surface area (Å²) in [4.78, 5) is 20.0. The number of rotatable bonds is 7. The average Bonchev–Trinajstić information content (AvgIpc) is 3.36. The number of sulfonamides is 1. The predicted octanol–water partition coefficient (Wildman–Crippen LogP) is 5.53. The Kier molecular flexibility index (Phi) is 7.18. The van der Waals surface area contributed by atoms with E-state index in [9.17, 15) is 13.2 Å². The van der Waals surface area contributed by atoms with Crippen molar-refractivity contribution in [3.63, 3.8) is 0 Å². The summed E-state index contributed by atoms with van der Waals surface area (Å²) >= 11 is 1.74. The minimum atomic E-state index is -3.66. The molecule has 5 rings (SSSR count). The Morgan fingerprint density at radius 1 is 0.972 bits per heavy atom. The first-order valence-electron chi connectivity index (χ1n) is 12.2. The molecule has 0 aliphatic carbocycles. The monoisotopic (exact) mass is 519 g/mol. The summed E-state index contributed by atoms with van der Waals surface area (Å²) in [5.74, 6) is 0.307. The number of amides is 1.